The molecule has 18 heavy (non-hydrogen) atoms. The van der Waals surface area contributed by atoms with Gasteiger partial charge in [0.25, 0.3) is 0 Å². The lowest BCUT2D eigenvalue weighted by molar-refractivity contribution is -0.154. The number of carboxylic acid groups (broad SMARTS) is 1. The van der Waals surface area contributed by atoms with Crippen molar-refractivity contribution in [1.29, 1.82) is 0 Å². The van der Waals surface area contributed by atoms with Crippen LogP contribution in [0.1, 0.15) is 59.8 Å². The predicted octanol–water partition coefficient (Wildman–Crippen LogP) is 2.91. The zero-order chi connectivity index (χ0) is 14.3. The van der Waals surface area contributed by atoms with Gasteiger partial charge in [0.2, 0.25) is 5.91 Å². The van der Waals surface area contributed by atoms with Crippen molar-refractivity contribution in [2.45, 2.75) is 65.8 Å². The SMILES string of the molecule is CCCC(C)N(C)C(=O)CC(CC)(CC)C(=O)O. The van der Waals surface area contributed by atoms with Crippen LogP contribution in [0.3, 0.4) is 0 Å². The van der Waals surface area contributed by atoms with Gasteiger partial charge >= 0.3 is 5.97 Å². The first kappa shape index (κ1) is 16.9. The number of carboxylic acids is 1. The van der Waals surface area contributed by atoms with E-state index in [-0.39, 0.29) is 18.4 Å². The van der Waals surface area contributed by atoms with Crippen molar-refractivity contribution in [1.82, 2.24) is 4.90 Å². The van der Waals surface area contributed by atoms with Gasteiger partial charge in [-0.1, -0.05) is 27.2 Å². The average Bonchev–Trinajstić information content (AvgIpc) is 2.34. The van der Waals surface area contributed by atoms with Crippen molar-refractivity contribution >= 4 is 11.9 Å². The zero-order valence-corrected chi connectivity index (χ0v) is 12.3. The number of carbonyl (C=O) groups is 2. The average molecular weight is 257 g/mol. The zero-order valence-electron chi connectivity index (χ0n) is 12.3. The van der Waals surface area contributed by atoms with Gasteiger partial charge in [0.1, 0.15) is 0 Å². The third-order valence-electron chi connectivity index (χ3n) is 4.06. The van der Waals surface area contributed by atoms with Crippen molar-refractivity contribution in [3.8, 4) is 0 Å². The molecule has 0 aromatic carbocycles. The molecule has 0 radical (unpaired) electrons. The molecule has 0 saturated heterocycles. The fourth-order valence-corrected chi connectivity index (χ4v) is 2.15. The first-order valence-electron chi connectivity index (χ1n) is 6.83. The van der Waals surface area contributed by atoms with Gasteiger partial charge in [0.15, 0.2) is 0 Å². The van der Waals surface area contributed by atoms with Crippen LogP contribution in [-0.4, -0.2) is 35.0 Å². The quantitative estimate of drug-likeness (QED) is 0.727. The lowest BCUT2D eigenvalue weighted by Gasteiger charge is -2.31. The van der Waals surface area contributed by atoms with Crippen LogP contribution in [0.4, 0.5) is 0 Å². The maximum atomic E-state index is 12.2. The molecule has 1 amide bonds. The minimum atomic E-state index is -0.905. The second kappa shape index (κ2) is 7.39. The van der Waals surface area contributed by atoms with Crippen molar-refractivity contribution < 1.29 is 14.7 Å². The van der Waals surface area contributed by atoms with E-state index < -0.39 is 11.4 Å². The number of amides is 1. The summed E-state index contributed by atoms with van der Waals surface area (Å²) in [6.45, 7) is 7.75. The molecule has 0 fully saturated rings. The molecule has 0 rings (SSSR count). The van der Waals surface area contributed by atoms with Gasteiger partial charge in [0.05, 0.1) is 5.41 Å². The van der Waals surface area contributed by atoms with E-state index in [1.807, 2.05) is 20.8 Å². The van der Waals surface area contributed by atoms with E-state index in [4.69, 9.17) is 0 Å². The molecule has 0 spiro atoms. The highest BCUT2D eigenvalue weighted by atomic mass is 16.4. The highest BCUT2D eigenvalue weighted by Crippen LogP contribution is 2.31. The van der Waals surface area contributed by atoms with E-state index in [0.717, 1.165) is 12.8 Å². The Bertz CT molecular complexity index is 285. The van der Waals surface area contributed by atoms with E-state index >= 15 is 0 Å². The lowest BCUT2D eigenvalue weighted by atomic mass is 9.79. The van der Waals surface area contributed by atoms with E-state index in [1.54, 1.807) is 11.9 Å². The molecule has 0 bridgehead atoms. The maximum absolute atomic E-state index is 12.2. The Morgan fingerprint density at radius 2 is 1.72 bits per heavy atom. The number of aliphatic carboxylic acids is 1. The van der Waals surface area contributed by atoms with Gasteiger partial charge < -0.3 is 10.0 Å². The third kappa shape index (κ3) is 4.00. The molecule has 1 N–H and O–H groups in total. The van der Waals surface area contributed by atoms with Crippen molar-refractivity contribution in [3.05, 3.63) is 0 Å². The summed E-state index contributed by atoms with van der Waals surface area (Å²) in [5.41, 5.74) is -0.905. The van der Waals surface area contributed by atoms with E-state index in [1.165, 1.54) is 0 Å². The number of rotatable bonds is 8. The summed E-state index contributed by atoms with van der Waals surface area (Å²) in [5, 5.41) is 9.33. The fraction of sp³-hybridized carbons (Fsp3) is 0.857. The van der Waals surface area contributed by atoms with Crippen LogP contribution in [0.2, 0.25) is 0 Å². The van der Waals surface area contributed by atoms with Crippen molar-refractivity contribution in [2.24, 2.45) is 5.41 Å². The van der Waals surface area contributed by atoms with Crippen molar-refractivity contribution in [3.63, 3.8) is 0 Å². The van der Waals surface area contributed by atoms with Gasteiger partial charge in [0, 0.05) is 19.5 Å². The van der Waals surface area contributed by atoms with Crippen molar-refractivity contribution in [2.75, 3.05) is 7.05 Å². The summed E-state index contributed by atoms with van der Waals surface area (Å²) >= 11 is 0. The smallest absolute Gasteiger partial charge is 0.310 e. The molecule has 4 nitrogen and oxygen atoms in total. The topological polar surface area (TPSA) is 57.6 Å². The molecule has 1 unspecified atom stereocenters. The van der Waals surface area contributed by atoms with Crippen LogP contribution < -0.4 is 0 Å². The monoisotopic (exact) mass is 257 g/mol. The third-order valence-corrected chi connectivity index (χ3v) is 4.06. The molecule has 0 aromatic heterocycles. The largest absolute Gasteiger partial charge is 0.481 e. The summed E-state index contributed by atoms with van der Waals surface area (Å²) in [6, 6.07) is 0.169. The van der Waals surface area contributed by atoms with Gasteiger partial charge in [-0.25, -0.2) is 0 Å². The minimum absolute atomic E-state index is 0.0675. The fourth-order valence-electron chi connectivity index (χ4n) is 2.15. The Balaban J connectivity index is 4.75. The molecule has 0 aliphatic carbocycles. The highest BCUT2D eigenvalue weighted by molar-refractivity contribution is 5.85. The van der Waals surface area contributed by atoms with Crippen LogP contribution >= 0.6 is 0 Å². The van der Waals surface area contributed by atoms with Crippen LogP contribution in [0.25, 0.3) is 0 Å². The van der Waals surface area contributed by atoms with Crippen LogP contribution in [-0.2, 0) is 9.59 Å². The Morgan fingerprint density at radius 1 is 1.22 bits per heavy atom. The molecule has 0 aliphatic heterocycles. The first-order valence-corrected chi connectivity index (χ1v) is 6.83. The Labute approximate surface area is 110 Å². The molecular formula is C14H27NO3. The summed E-state index contributed by atoms with van der Waals surface area (Å²) in [5.74, 6) is -0.931. The van der Waals surface area contributed by atoms with Crippen LogP contribution in [0.15, 0.2) is 0 Å². The number of hydrogen-bond donors (Lipinski definition) is 1. The first-order chi connectivity index (χ1) is 8.34. The Hall–Kier alpha value is -1.06. The van der Waals surface area contributed by atoms with E-state index in [0.29, 0.717) is 12.8 Å². The predicted molar refractivity (Wildman–Crippen MR) is 72.4 cm³/mol. The summed E-state index contributed by atoms with van der Waals surface area (Å²) in [7, 11) is 1.76. The molecule has 1 atom stereocenters. The Morgan fingerprint density at radius 3 is 2.06 bits per heavy atom. The molecular weight excluding hydrogens is 230 g/mol. The lowest BCUT2D eigenvalue weighted by Crippen LogP contribution is -2.41. The maximum Gasteiger partial charge on any atom is 0.310 e. The highest BCUT2D eigenvalue weighted by Gasteiger charge is 2.38. The minimum Gasteiger partial charge on any atom is -0.481 e. The number of carbonyl (C=O) groups excluding carboxylic acids is 1. The Kier molecular flexibility index (Phi) is 6.96. The van der Waals surface area contributed by atoms with Crippen LogP contribution in [0.5, 0.6) is 0 Å². The molecule has 0 heterocycles. The second-order valence-electron chi connectivity index (χ2n) is 5.11. The van der Waals surface area contributed by atoms with Crippen LogP contribution in [0, 0.1) is 5.41 Å². The van der Waals surface area contributed by atoms with Gasteiger partial charge in [-0.05, 0) is 26.2 Å². The number of nitrogens with zero attached hydrogens (tertiary/aromatic N) is 1. The molecule has 4 heteroatoms. The van der Waals surface area contributed by atoms with Gasteiger partial charge in [-0.3, -0.25) is 9.59 Å². The van der Waals surface area contributed by atoms with Gasteiger partial charge in [-0.15, -0.1) is 0 Å². The molecule has 0 aliphatic rings. The van der Waals surface area contributed by atoms with E-state index in [2.05, 4.69) is 6.92 Å². The molecule has 0 aromatic rings. The summed E-state index contributed by atoms with van der Waals surface area (Å²) in [4.78, 5) is 25.2. The number of hydrogen-bond acceptors (Lipinski definition) is 2. The standard InChI is InChI=1S/C14H27NO3/c1-6-9-11(4)15(5)12(16)10-14(7-2,8-3)13(17)18/h11H,6-10H2,1-5H3,(H,17,18). The normalized spacial score (nSPS) is 13.2. The second-order valence-corrected chi connectivity index (χ2v) is 5.11. The summed E-state index contributed by atoms with van der Waals surface area (Å²) in [6.07, 6.45) is 3.03. The van der Waals surface area contributed by atoms with Gasteiger partial charge in [-0.2, -0.15) is 0 Å². The molecule has 106 valence electrons. The molecule has 0 saturated carbocycles. The van der Waals surface area contributed by atoms with E-state index in [9.17, 15) is 14.7 Å². The summed E-state index contributed by atoms with van der Waals surface area (Å²) < 4.78 is 0.